The third-order valence-corrected chi connectivity index (χ3v) is 5.14. The molecule has 9 nitrogen and oxygen atoms in total. The Morgan fingerprint density at radius 2 is 1.97 bits per heavy atom. The summed E-state index contributed by atoms with van der Waals surface area (Å²) >= 11 is 0. The van der Waals surface area contributed by atoms with Crippen molar-refractivity contribution in [1.29, 1.82) is 0 Å². The van der Waals surface area contributed by atoms with Gasteiger partial charge in [-0.15, -0.1) is 0 Å². The summed E-state index contributed by atoms with van der Waals surface area (Å²) in [6.07, 6.45) is 3.39. The Morgan fingerprint density at radius 3 is 2.65 bits per heavy atom. The molecule has 0 atom stereocenters. The van der Waals surface area contributed by atoms with E-state index in [1.165, 1.54) is 0 Å². The van der Waals surface area contributed by atoms with Crippen LogP contribution < -0.4 is 4.90 Å². The number of fused-ring (bicyclic) bond motifs is 1. The van der Waals surface area contributed by atoms with E-state index in [-0.39, 0.29) is 6.79 Å². The molecule has 1 aliphatic heterocycles. The first-order chi connectivity index (χ1) is 15.1. The van der Waals surface area contributed by atoms with E-state index in [0.29, 0.717) is 29.7 Å². The SMILES string of the molecule is CCn1cnc2c(N(Cc3ccccc3)C3=COCO3)nc(-n3nc(C)cc3C)nc21. The van der Waals surface area contributed by atoms with Crippen molar-refractivity contribution in [3.63, 3.8) is 0 Å². The van der Waals surface area contributed by atoms with E-state index >= 15 is 0 Å². The number of hydrogen-bond donors (Lipinski definition) is 0. The van der Waals surface area contributed by atoms with Gasteiger partial charge in [-0.3, -0.25) is 4.90 Å². The van der Waals surface area contributed by atoms with Crippen LogP contribution in [-0.2, 0) is 22.6 Å². The smallest absolute Gasteiger partial charge is 0.254 e. The molecule has 1 aromatic carbocycles. The fraction of sp³-hybridized carbons (Fsp3) is 0.273. The largest absolute Gasteiger partial charge is 0.459 e. The second kappa shape index (κ2) is 7.75. The number of rotatable bonds is 6. The molecule has 1 aliphatic rings. The van der Waals surface area contributed by atoms with Gasteiger partial charge in [0.05, 0.1) is 18.6 Å². The Morgan fingerprint density at radius 1 is 1.13 bits per heavy atom. The number of hydrogen-bond acceptors (Lipinski definition) is 7. The molecular formula is C22H23N7O2. The highest BCUT2D eigenvalue weighted by Crippen LogP contribution is 2.30. The maximum absolute atomic E-state index is 5.74. The second-order valence-corrected chi connectivity index (χ2v) is 7.35. The first-order valence-corrected chi connectivity index (χ1v) is 10.2. The summed E-state index contributed by atoms with van der Waals surface area (Å²) in [5.74, 6) is 1.70. The van der Waals surface area contributed by atoms with E-state index in [4.69, 9.17) is 19.4 Å². The minimum absolute atomic E-state index is 0.169. The third-order valence-electron chi connectivity index (χ3n) is 5.14. The summed E-state index contributed by atoms with van der Waals surface area (Å²) in [7, 11) is 0. The highest BCUT2D eigenvalue weighted by Gasteiger charge is 2.25. The highest BCUT2D eigenvalue weighted by atomic mass is 16.7. The van der Waals surface area contributed by atoms with Crippen LogP contribution in [0.4, 0.5) is 5.82 Å². The monoisotopic (exact) mass is 417 g/mol. The second-order valence-electron chi connectivity index (χ2n) is 7.35. The van der Waals surface area contributed by atoms with Crippen molar-refractivity contribution < 1.29 is 9.47 Å². The van der Waals surface area contributed by atoms with Crippen molar-refractivity contribution in [3.8, 4) is 5.95 Å². The zero-order chi connectivity index (χ0) is 21.4. The third kappa shape index (κ3) is 3.48. The van der Waals surface area contributed by atoms with Crippen LogP contribution in [-0.4, -0.2) is 36.1 Å². The molecule has 0 spiro atoms. The lowest BCUT2D eigenvalue weighted by atomic mass is 10.2. The summed E-state index contributed by atoms with van der Waals surface area (Å²) in [6, 6.07) is 12.1. The van der Waals surface area contributed by atoms with E-state index in [2.05, 4.69) is 29.1 Å². The maximum Gasteiger partial charge on any atom is 0.254 e. The summed E-state index contributed by atoms with van der Waals surface area (Å²) in [5, 5.41) is 4.58. The summed E-state index contributed by atoms with van der Waals surface area (Å²) in [5.41, 5.74) is 4.41. The normalized spacial score (nSPS) is 13.2. The molecule has 0 saturated carbocycles. The summed E-state index contributed by atoms with van der Waals surface area (Å²) in [6.45, 7) is 7.45. The Kier molecular flexibility index (Phi) is 4.78. The Labute approximate surface area is 179 Å². The highest BCUT2D eigenvalue weighted by molar-refractivity contribution is 5.85. The van der Waals surface area contributed by atoms with E-state index in [1.54, 1.807) is 17.3 Å². The van der Waals surface area contributed by atoms with Gasteiger partial charge in [0, 0.05) is 12.2 Å². The minimum atomic E-state index is 0.169. The van der Waals surface area contributed by atoms with Crippen molar-refractivity contribution >= 4 is 17.0 Å². The van der Waals surface area contributed by atoms with E-state index in [1.807, 2.05) is 47.6 Å². The van der Waals surface area contributed by atoms with Gasteiger partial charge in [0.15, 0.2) is 17.0 Å². The van der Waals surface area contributed by atoms with Gasteiger partial charge in [-0.1, -0.05) is 30.3 Å². The van der Waals surface area contributed by atoms with E-state index in [9.17, 15) is 0 Å². The number of imidazole rings is 1. The minimum Gasteiger partial charge on any atom is -0.459 e. The number of nitrogens with zero attached hydrogens (tertiary/aromatic N) is 7. The van der Waals surface area contributed by atoms with Gasteiger partial charge in [-0.2, -0.15) is 15.1 Å². The molecule has 31 heavy (non-hydrogen) atoms. The average molecular weight is 417 g/mol. The lowest BCUT2D eigenvalue weighted by molar-refractivity contribution is 0.0782. The number of aryl methyl sites for hydroxylation is 3. The van der Waals surface area contributed by atoms with Crippen molar-refractivity contribution in [2.45, 2.75) is 33.9 Å². The van der Waals surface area contributed by atoms with Crippen LogP contribution in [0.1, 0.15) is 23.9 Å². The standard InChI is InChI=1S/C22H23N7O2/c1-4-27-13-23-19-20(27)24-22(29-16(3)10-15(2)26-29)25-21(19)28(18-12-30-14-31-18)11-17-8-6-5-7-9-17/h5-10,12-13H,4,11,14H2,1-3H3. The molecule has 0 unspecified atom stereocenters. The van der Waals surface area contributed by atoms with Gasteiger partial charge in [-0.25, -0.2) is 9.67 Å². The van der Waals surface area contributed by atoms with E-state index < -0.39 is 0 Å². The first kappa shape index (κ1) is 19.1. The fourth-order valence-corrected chi connectivity index (χ4v) is 3.66. The van der Waals surface area contributed by atoms with Crippen LogP contribution in [0.5, 0.6) is 0 Å². The number of anilines is 1. The molecular weight excluding hydrogens is 394 g/mol. The van der Waals surface area contributed by atoms with Gasteiger partial charge in [0.1, 0.15) is 6.26 Å². The number of aromatic nitrogens is 6. The van der Waals surface area contributed by atoms with Crippen molar-refractivity contribution in [1.82, 2.24) is 29.3 Å². The predicted octanol–water partition coefficient (Wildman–Crippen LogP) is 3.46. The molecule has 0 bridgehead atoms. The quantitative estimate of drug-likeness (QED) is 0.475. The lowest BCUT2D eigenvalue weighted by Gasteiger charge is -2.23. The summed E-state index contributed by atoms with van der Waals surface area (Å²) in [4.78, 5) is 16.3. The Hall–Kier alpha value is -3.88. The van der Waals surface area contributed by atoms with Crippen LogP contribution in [0.25, 0.3) is 17.1 Å². The molecule has 0 radical (unpaired) electrons. The molecule has 0 amide bonds. The first-order valence-electron chi connectivity index (χ1n) is 10.2. The molecule has 0 aliphatic carbocycles. The Bertz CT molecular complexity index is 1260. The molecule has 3 aromatic heterocycles. The van der Waals surface area contributed by atoms with Crippen molar-refractivity contribution in [2.24, 2.45) is 0 Å². The van der Waals surface area contributed by atoms with Gasteiger partial charge >= 0.3 is 0 Å². The number of ether oxygens (including phenoxy) is 2. The predicted molar refractivity (Wildman–Crippen MR) is 115 cm³/mol. The molecule has 0 N–H and O–H groups in total. The van der Waals surface area contributed by atoms with Gasteiger partial charge in [0.2, 0.25) is 12.7 Å². The fourth-order valence-electron chi connectivity index (χ4n) is 3.66. The molecule has 5 rings (SSSR count). The van der Waals surface area contributed by atoms with Crippen LogP contribution in [0.15, 0.2) is 54.9 Å². The van der Waals surface area contributed by atoms with Crippen LogP contribution in [0, 0.1) is 13.8 Å². The van der Waals surface area contributed by atoms with Crippen LogP contribution >= 0.6 is 0 Å². The Balaban J connectivity index is 1.72. The molecule has 0 fully saturated rings. The topological polar surface area (TPSA) is 83.1 Å². The van der Waals surface area contributed by atoms with E-state index in [0.717, 1.165) is 29.1 Å². The lowest BCUT2D eigenvalue weighted by Crippen LogP contribution is -2.25. The number of benzene rings is 1. The van der Waals surface area contributed by atoms with Crippen LogP contribution in [0.3, 0.4) is 0 Å². The molecule has 4 aromatic rings. The van der Waals surface area contributed by atoms with Gasteiger partial charge in [-0.05, 0) is 32.4 Å². The average Bonchev–Trinajstić information content (AvgIpc) is 3.52. The van der Waals surface area contributed by atoms with Crippen molar-refractivity contribution in [3.05, 3.63) is 71.8 Å². The van der Waals surface area contributed by atoms with Gasteiger partial charge in [0.25, 0.3) is 5.95 Å². The van der Waals surface area contributed by atoms with Crippen LogP contribution in [0.2, 0.25) is 0 Å². The zero-order valence-electron chi connectivity index (χ0n) is 17.7. The maximum atomic E-state index is 5.74. The molecule has 4 heterocycles. The molecule has 158 valence electrons. The summed E-state index contributed by atoms with van der Waals surface area (Å²) < 4.78 is 14.9. The molecule has 9 heteroatoms. The van der Waals surface area contributed by atoms with Crippen molar-refractivity contribution in [2.75, 3.05) is 11.7 Å². The molecule has 0 saturated heterocycles. The zero-order valence-corrected chi connectivity index (χ0v) is 17.7. The van der Waals surface area contributed by atoms with Gasteiger partial charge < -0.3 is 14.0 Å².